The van der Waals surface area contributed by atoms with Crippen LogP contribution < -0.4 is 5.73 Å². The lowest BCUT2D eigenvalue weighted by Crippen LogP contribution is -2.52. The topological polar surface area (TPSA) is 32.5 Å². The molecule has 1 aromatic carbocycles. The first kappa shape index (κ1) is 14.5. The Morgan fingerprint density at radius 2 is 1.42 bits per heavy atom. The zero-order valence-corrected chi connectivity index (χ0v) is 12.4. The van der Waals surface area contributed by atoms with E-state index in [1.807, 2.05) is 0 Å². The molecule has 0 spiro atoms. The van der Waals surface area contributed by atoms with Crippen molar-refractivity contribution >= 4 is 0 Å². The number of benzene rings is 1. The van der Waals surface area contributed by atoms with Gasteiger partial charge >= 0.3 is 0 Å². The molecule has 1 fully saturated rings. The van der Waals surface area contributed by atoms with Crippen LogP contribution in [-0.4, -0.2) is 48.1 Å². The quantitative estimate of drug-likeness (QED) is 0.901. The smallest absolute Gasteiger partial charge is 0.0497 e. The van der Waals surface area contributed by atoms with Crippen LogP contribution in [0.3, 0.4) is 0 Å². The summed E-state index contributed by atoms with van der Waals surface area (Å²) in [6, 6.07) is 11.8. The fourth-order valence-electron chi connectivity index (χ4n) is 3.03. The summed E-state index contributed by atoms with van der Waals surface area (Å²) in [5.41, 5.74) is 7.58. The zero-order chi connectivity index (χ0) is 13.8. The Bertz CT molecular complexity index is 367. The van der Waals surface area contributed by atoms with Crippen molar-refractivity contribution in [1.82, 2.24) is 9.80 Å². The maximum absolute atomic E-state index is 6.24. The first-order valence-corrected chi connectivity index (χ1v) is 7.38. The molecule has 3 heteroatoms. The van der Waals surface area contributed by atoms with Crippen molar-refractivity contribution in [3.8, 4) is 0 Å². The van der Waals surface area contributed by atoms with Gasteiger partial charge in [-0.15, -0.1) is 0 Å². The molecule has 0 aliphatic carbocycles. The predicted molar refractivity (Wildman–Crippen MR) is 81.1 cm³/mol. The van der Waals surface area contributed by atoms with Crippen LogP contribution in [0, 0.1) is 0 Å². The summed E-state index contributed by atoms with van der Waals surface area (Å²) >= 11 is 0. The molecule has 2 N–H and O–H groups in total. The highest BCUT2D eigenvalue weighted by molar-refractivity contribution is 5.20. The van der Waals surface area contributed by atoms with E-state index in [9.17, 15) is 0 Å². The van der Waals surface area contributed by atoms with Gasteiger partial charge in [0, 0.05) is 44.3 Å². The third-order valence-electron chi connectivity index (χ3n) is 4.11. The van der Waals surface area contributed by atoms with Crippen LogP contribution in [0.15, 0.2) is 30.3 Å². The average Bonchev–Trinajstić information content (AvgIpc) is 2.40. The summed E-state index contributed by atoms with van der Waals surface area (Å²) in [6.07, 6.45) is 0. The standard InChI is InChI=1S/C16H27N3/c1-13(2)18-9-11-19(12-10-18)16(14(3)17)15-7-5-4-6-8-15/h4-8,13-14,16H,9-12,17H2,1-3H3. The minimum Gasteiger partial charge on any atom is -0.326 e. The molecule has 0 bridgehead atoms. The summed E-state index contributed by atoms with van der Waals surface area (Å²) in [4.78, 5) is 5.08. The van der Waals surface area contributed by atoms with Crippen LogP contribution in [0.2, 0.25) is 0 Å². The molecule has 0 saturated carbocycles. The van der Waals surface area contributed by atoms with Crippen molar-refractivity contribution in [1.29, 1.82) is 0 Å². The monoisotopic (exact) mass is 261 g/mol. The van der Waals surface area contributed by atoms with Crippen molar-refractivity contribution in [2.24, 2.45) is 5.73 Å². The third kappa shape index (κ3) is 3.56. The van der Waals surface area contributed by atoms with E-state index in [1.165, 1.54) is 5.56 Å². The van der Waals surface area contributed by atoms with E-state index < -0.39 is 0 Å². The van der Waals surface area contributed by atoms with Gasteiger partial charge in [-0.2, -0.15) is 0 Å². The van der Waals surface area contributed by atoms with Crippen LogP contribution in [0.25, 0.3) is 0 Å². The van der Waals surface area contributed by atoms with Crippen molar-refractivity contribution in [3.63, 3.8) is 0 Å². The summed E-state index contributed by atoms with van der Waals surface area (Å²) in [7, 11) is 0. The van der Waals surface area contributed by atoms with Gasteiger partial charge in [0.2, 0.25) is 0 Å². The van der Waals surface area contributed by atoms with Crippen molar-refractivity contribution in [3.05, 3.63) is 35.9 Å². The van der Waals surface area contributed by atoms with E-state index in [2.05, 4.69) is 60.9 Å². The summed E-state index contributed by atoms with van der Waals surface area (Å²) in [5, 5.41) is 0. The Morgan fingerprint density at radius 1 is 0.895 bits per heavy atom. The summed E-state index contributed by atoms with van der Waals surface area (Å²) in [6.45, 7) is 11.2. The number of hydrogen-bond donors (Lipinski definition) is 1. The lowest BCUT2D eigenvalue weighted by atomic mass is 9.98. The molecule has 2 unspecified atom stereocenters. The molecule has 2 rings (SSSR count). The van der Waals surface area contributed by atoms with Crippen LogP contribution >= 0.6 is 0 Å². The van der Waals surface area contributed by atoms with Gasteiger partial charge in [-0.25, -0.2) is 0 Å². The highest BCUT2D eigenvalue weighted by Gasteiger charge is 2.27. The summed E-state index contributed by atoms with van der Waals surface area (Å²) < 4.78 is 0. The van der Waals surface area contributed by atoms with Gasteiger partial charge in [0.05, 0.1) is 0 Å². The van der Waals surface area contributed by atoms with E-state index >= 15 is 0 Å². The Morgan fingerprint density at radius 3 is 1.89 bits per heavy atom. The van der Waals surface area contributed by atoms with Gasteiger partial charge in [-0.3, -0.25) is 9.80 Å². The summed E-state index contributed by atoms with van der Waals surface area (Å²) in [5.74, 6) is 0. The predicted octanol–water partition coefficient (Wildman–Crippen LogP) is 2.10. The normalized spacial score (nSPS) is 21.5. The second-order valence-corrected chi connectivity index (χ2v) is 5.88. The maximum Gasteiger partial charge on any atom is 0.0497 e. The third-order valence-corrected chi connectivity index (χ3v) is 4.11. The number of hydrogen-bond acceptors (Lipinski definition) is 3. The van der Waals surface area contributed by atoms with Gasteiger partial charge in [0.1, 0.15) is 0 Å². The molecule has 1 aliphatic rings. The minimum absolute atomic E-state index is 0.160. The van der Waals surface area contributed by atoms with Crippen molar-refractivity contribution in [2.45, 2.75) is 38.9 Å². The number of nitrogens with zero attached hydrogens (tertiary/aromatic N) is 2. The molecule has 2 atom stereocenters. The van der Waals surface area contributed by atoms with Crippen LogP contribution in [0.4, 0.5) is 0 Å². The lowest BCUT2D eigenvalue weighted by molar-refractivity contribution is 0.0705. The Labute approximate surface area is 117 Å². The number of nitrogens with two attached hydrogens (primary N) is 1. The SMILES string of the molecule is CC(N)C(c1ccccc1)N1CCN(C(C)C)CC1. The lowest BCUT2D eigenvalue weighted by Gasteiger charge is -2.42. The van der Waals surface area contributed by atoms with E-state index in [1.54, 1.807) is 0 Å². The van der Waals surface area contributed by atoms with E-state index in [0.717, 1.165) is 26.2 Å². The molecule has 1 saturated heterocycles. The first-order valence-electron chi connectivity index (χ1n) is 7.38. The minimum atomic E-state index is 0.160. The van der Waals surface area contributed by atoms with Crippen molar-refractivity contribution < 1.29 is 0 Å². The second kappa shape index (κ2) is 6.51. The molecule has 1 heterocycles. The van der Waals surface area contributed by atoms with Gasteiger partial charge in [-0.1, -0.05) is 30.3 Å². The Balaban J connectivity index is 2.06. The highest BCUT2D eigenvalue weighted by Crippen LogP contribution is 2.24. The molecule has 1 aliphatic heterocycles. The van der Waals surface area contributed by atoms with Gasteiger partial charge in [0.15, 0.2) is 0 Å². The Kier molecular flexibility index (Phi) is 4.97. The number of piperazine rings is 1. The molecule has 1 aromatic rings. The average molecular weight is 261 g/mol. The van der Waals surface area contributed by atoms with Crippen LogP contribution in [0.5, 0.6) is 0 Å². The van der Waals surface area contributed by atoms with E-state index in [4.69, 9.17) is 5.73 Å². The molecule has 3 nitrogen and oxygen atoms in total. The van der Waals surface area contributed by atoms with Crippen LogP contribution in [-0.2, 0) is 0 Å². The van der Waals surface area contributed by atoms with E-state index in [-0.39, 0.29) is 6.04 Å². The fraction of sp³-hybridized carbons (Fsp3) is 0.625. The molecule has 19 heavy (non-hydrogen) atoms. The Hall–Kier alpha value is -0.900. The zero-order valence-electron chi connectivity index (χ0n) is 12.4. The molecule has 0 amide bonds. The second-order valence-electron chi connectivity index (χ2n) is 5.88. The molecule has 0 aromatic heterocycles. The molecule has 0 radical (unpaired) electrons. The van der Waals surface area contributed by atoms with Gasteiger partial charge in [-0.05, 0) is 26.3 Å². The van der Waals surface area contributed by atoms with Crippen LogP contribution in [0.1, 0.15) is 32.4 Å². The molecular weight excluding hydrogens is 234 g/mol. The fourth-order valence-corrected chi connectivity index (χ4v) is 3.03. The number of rotatable bonds is 4. The van der Waals surface area contributed by atoms with E-state index in [0.29, 0.717) is 12.1 Å². The maximum atomic E-state index is 6.24. The molecular formula is C16H27N3. The van der Waals surface area contributed by atoms with Crippen molar-refractivity contribution in [2.75, 3.05) is 26.2 Å². The first-order chi connectivity index (χ1) is 9.09. The highest BCUT2D eigenvalue weighted by atomic mass is 15.3. The largest absolute Gasteiger partial charge is 0.326 e. The van der Waals surface area contributed by atoms with Gasteiger partial charge < -0.3 is 5.73 Å². The molecule has 106 valence electrons. The van der Waals surface area contributed by atoms with Gasteiger partial charge in [0.25, 0.3) is 0 Å².